The Labute approximate surface area is 168 Å². The summed E-state index contributed by atoms with van der Waals surface area (Å²) in [6.07, 6.45) is 3.05. The molecule has 6 rings (SSSR count). The molecule has 0 fully saturated rings. The summed E-state index contributed by atoms with van der Waals surface area (Å²) in [6, 6.07) is 23.6. The minimum absolute atomic E-state index is 0.337. The summed E-state index contributed by atoms with van der Waals surface area (Å²) in [7, 11) is 0. The van der Waals surface area contributed by atoms with Crippen molar-refractivity contribution in [2.45, 2.75) is 25.6 Å². The number of nitrogens with zero attached hydrogens (tertiary/aromatic N) is 3. The lowest BCUT2D eigenvalue weighted by molar-refractivity contribution is 0.398. The van der Waals surface area contributed by atoms with Crippen LogP contribution in [-0.4, -0.2) is 26.0 Å². The second-order valence-electron chi connectivity index (χ2n) is 7.76. The van der Waals surface area contributed by atoms with Gasteiger partial charge in [-0.05, 0) is 28.8 Å². The summed E-state index contributed by atoms with van der Waals surface area (Å²) in [5, 5.41) is 16.3. The summed E-state index contributed by atoms with van der Waals surface area (Å²) in [5.74, 6) is 0. The molecule has 3 aromatic carbocycles. The molecule has 0 spiro atoms. The van der Waals surface area contributed by atoms with Crippen LogP contribution in [0.25, 0.3) is 32.9 Å². The molecule has 1 atom stereocenters. The quantitative estimate of drug-likeness (QED) is 0.492. The summed E-state index contributed by atoms with van der Waals surface area (Å²) in [4.78, 5) is 3.55. The van der Waals surface area contributed by atoms with E-state index in [4.69, 9.17) is 0 Å². The van der Waals surface area contributed by atoms with Crippen LogP contribution in [0.4, 0.5) is 0 Å². The Morgan fingerprint density at radius 3 is 2.72 bits per heavy atom. The molecule has 29 heavy (non-hydrogen) atoms. The Morgan fingerprint density at radius 1 is 0.931 bits per heavy atom. The van der Waals surface area contributed by atoms with Crippen LogP contribution in [-0.2, 0) is 19.5 Å². The molecular weight excluding hydrogens is 358 g/mol. The Balaban J connectivity index is 1.27. The number of aromatic nitrogens is 4. The summed E-state index contributed by atoms with van der Waals surface area (Å²) in [6.45, 7) is 1.66. The molecule has 3 heterocycles. The van der Waals surface area contributed by atoms with E-state index in [2.05, 4.69) is 93.5 Å². The fourth-order valence-electron chi connectivity index (χ4n) is 4.52. The third-order valence-electron chi connectivity index (χ3n) is 5.93. The molecule has 0 radical (unpaired) electrons. The Bertz CT molecular complexity index is 1320. The van der Waals surface area contributed by atoms with Gasteiger partial charge in [0.1, 0.15) is 5.69 Å². The van der Waals surface area contributed by atoms with E-state index in [-0.39, 0.29) is 0 Å². The molecule has 5 nitrogen and oxygen atoms in total. The second kappa shape index (κ2) is 6.57. The number of para-hydroxylation sites is 1. The van der Waals surface area contributed by atoms with Crippen LogP contribution in [0.3, 0.4) is 0 Å². The van der Waals surface area contributed by atoms with Crippen LogP contribution < -0.4 is 5.32 Å². The van der Waals surface area contributed by atoms with Crippen LogP contribution in [0.15, 0.2) is 72.9 Å². The Kier molecular flexibility index (Phi) is 3.74. The molecule has 0 bridgehead atoms. The lowest BCUT2D eigenvalue weighted by Gasteiger charge is -2.24. The highest BCUT2D eigenvalue weighted by atomic mass is 15.4. The van der Waals surface area contributed by atoms with E-state index in [0.717, 1.165) is 30.8 Å². The van der Waals surface area contributed by atoms with Crippen LogP contribution >= 0.6 is 0 Å². The summed E-state index contributed by atoms with van der Waals surface area (Å²) >= 11 is 0. The van der Waals surface area contributed by atoms with Crippen molar-refractivity contribution in [3.05, 3.63) is 84.2 Å². The smallest absolute Gasteiger partial charge is 0.113 e. The third kappa shape index (κ3) is 2.82. The fourth-order valence-corrected chi connectivity index (χ4v) is 4.52. The van der Waals surface area contributed by atoms with Gasteiger partial charge >= 0.3 is 0 Å². The first-order chi connectivity index (χ1) is 14.3. The molecule has 0 aliphatic carbocycles. The molecule has 1 aliphatic heterocycles. The largest absolute Gasteiger partial charge is 0.357 e. The van der Waals surface area contributed by atoms with Gasteiger partial charge in [0.25, 0.3) is 0 Å². The monoisotopic (exact) mass is 379 g/mol. The van der Waals surface area contributed by atoms with Crippen LogP contribution in [0, 0.1) is 0 Å². The highest BCUT2D eigenvalue weighted by Crippen LogP contribution is 2.28. The van der Waals surface area contributed by atoms with Crippen molar-refractivity contribution < 1.29 is 0 Å². The van der Waals surface area contributed by atoms with Gasteiger partial charge in [0.05, 0.1) is 12.7 Å². The van der Waals surface area contributed by atoms with Gasteiger partial charge < -0.3 is 10.3 Å². The molecule has 0 saturated carbocycles. The predicted octanol–water partition coefficient (Wildman–Crippen LogP) is 4.29. The molecule has 0 unspecified atom stereocenters. The van der Waals surface area contributed by atoms with E-state index in [1.807, 2.05) is 4.68 Å². The van der Waals surface area contributed by atoms with Crippen molar-refractivity contribution >= 4 is 21.7 Å². The standard InChI is InChI=1S/C24H21N5/c1-2-8-18-16(6-1)7-5-10-19(18)24-15-29(28-27-24)14-17-12-21-20-9-3-4-11-22(20)26-23(21)13-25-17/h1-11,15,17,25-26H,12-14H2/t17-/m0/s1. The molecule has 142 valence electrons. The third-order valence-corrected chi connectivity index (χ3v) is 5.93. The highest BCUT2D eigenvalue weighted by Gasteiger charge is 2.22. The van der Waals surface area contributed by atoms with E-state index in [1.165, 1.54) is 32.9 Å². The van der Waals surface area contributed by atoms with Gasteiger partial charge in [0, 0.05) is 34.7 Å². The van der Waals surface area contributed by atoms with Crippen molar-refractivity contribution in [2.75, 3.05) is 0 Å². The average molecular weight is 379 g/mol. The Morgan fingerprint density at radius 2 is 1.76 bits per heavy atom. The van der Waals surface area contributed by atoms with E-state index < -0.39 is 0 Å². The lowest BCUT2D eigenvalue weighted by Crippen LogP contribution is -2.38. The van der Waals surface area contributed by atoms with Crippen molar-refractivity contribution in [1.82, 2.24) is 25.3 Å². The number of H-pyrrole nitrogens is 1. The molecule has 2 aromatic heterocycles. The first kappa shape index (κ1) is 16.5. The topological polar surface area (TPSA) is 58.5 Å². The first-order valence-corrected chi connectivity index (χ1v) is 10.1. The highest BCUT2D eigenvalue weighted by molar-refractivity contribution is 5.95. The second-order valence-corrected chi connectivity index (χ2v) is 7.76. The molecule has 2 N–H and O–H groups in total. The van der Waals surface area contributed by atoms with Crippen molar-refractivity contribution in [2.24, 2.45) is 0 Å². The number of nitrogens with one attached hydrogen (secondary N) is 2. The van der Waals surface area contributed by atoms with Crippen LogP contribution in [0.2, 0.25) is 0 Å². The van der Waals surface area contributed by atoms with Crippen molar-refractivity contribution in [3.63, 3.8) is 0 Å². The van der Waals surface area contributed by atoms with Gasteiger partial charge in [-0.25, -0.2) is 0 Å². The van der Waals surface area contributed by atoms with Gasteiger partial charge in [-0.1, -0.05) is 65.9 Å². The van der Waals surface area contributed by atoms with E-state index in [0.29, 0.717) is 6.04 Å². The van der Waals surface area contributed by atoms with Crippen molar-refractivity contribution in [1.29, 1.82) is 0 Å². The number of rotatable bonds is 3. The molecule has 5 aromatic rings. The molecule has 5 heteroatoms. The maximum atomic E-state index is 4.47. The van der Waals surface area contributed by atoms with E-state index in [9.17, 15) is 0 Å². The fraction of sp³-hybridized carbons (Fsp3) is 0.167. The first-order valence-electron chi connectivity index (χ1n) is 10.1. The maximum absolute atomic E-state index is 4.47. The Hall–Kier alpha value is -3.44. The number of fused-ring (bicyclic) bond motifs is 4. The molecule has 0 saturated heterocycles. The lowest BCUT2D eigenvalue weighted by atomic mass is 9.98. The predicted molar refractivity (Wildman–Crippen MR) is 116 cm³/mol. The summed E-state index contributed by atoms with van der Waals surface area (Å²) < 4.78 is 1.97. The maximum Gasteiger partial charge on any atom is 0.113 e. The summed E-state index contributed by atoms with van der Waals surface area (Å²) in [5.41, 5.74) is 6.01. The van der Waals surface area contributed by atoms with Gasteiger partial charge in [0.2, 0.25) is 0 Å². The zero-order chi connectivity index (χ0) is 19.2. The molecule has 0 amide bonds. The van der Waals surface area contributed by atoms with Gasteiger partial charge in [0.15, 0.2) is 0 Å². The normalized spacial score (nSPS) is 16.3. The number of benzene rings is 3. The zero-order valence-corrected chi connectivity index (χ0v) is 16.0. The van der Waals surface area contributed by atoms with Gasteiger partial charge in [-0.2, -0.15) is 0 Å². The van der Waals surface area contributed by atoms with E-state index in [1.54, 1.807) is 0 Å². The van der Waals surface area contributed by atoms with Gasteiger partial charge in [-0.15, -0.1) is 5.10 Å². The minimum atomic E-state index is 0.337. The van der Waals surface area contributed by atoms with Crippen LogP contribution in [0.5, 0.6) is 0 Å². The number of hydrogen-bond donors (Lipinski definition) is 2. The molecular formula is C24H21N5. The van der Waals surface area contributed by atoms with Crippen molar-refractivity contribution in [3.8, 4) is 11.3 Å². The average Bonchev–Trinajstić information content (AvgIpc) is 3.38. The minimum Gasteiger partial charge on any atom is -0.357 e. The SMILES string of the molecule is c1ccc2c(-c3cn(C[C@@H]4Cc5c([nH]c6ccccc56)CN4)nn3)cccc2c1. The zero-order valence-electron chi connectivity index (χ0n) is 16.0. The van der Waals surface area contributed by atoms with E-state index >= 15 is 0 Å². The number of aromatic amines is 1. The molecule has 1 aliphatic rings. The van der Waals surface area contributed by atoms with Crippen LogP contribution in [0.1, 0.15) is 11.3 Å². The van der Waals surface area contributed by atoms with Gasteiger partial charge in [-0.3, -0.25) is 4.68 Å². The number of hydrogen-bond acceptors (Lipinski definition) is 3.